The van der Waals surface area contributed by atoms with E-state index in [1.54, 1.807) is 4.90 Å². The highest BCUT2D eigenvalue weighted by atomic mass is 35.5. The van der Waals surface area contributed by atoms with Gasteiger partial charge in [0.2, 0.25) is 0 Å². The number of nitrogens with one attached hydrogen (secondary N) is 1. The fourth-order valence-corrected chi connectivity index (χ4v) is 4.60. The van der Waals surface area contributed by atoms with Crippen LogP contribution in [0.3, 0.4) is 0 Å². The summed E-state index contributed by atoms with van der Waals surface area (Å²) in [5.41, 5.74) is 2.95. The van der Waals surface area contributed by atoms with Gasteiger partial charge in [0.05, 0.1) is 5.54 Å². The van der Waals surface area contributed by atoms with Crippen molar-refractivity contribution >= 4 is 23.6 Å². The Morgan fingerprint density at radius 3 is 2.58 bits per heavy atom. The molecule has 1 heterocycles. The van der Waals surface area contributed by atoms with Crippen LogP contribution in [-0.4, -0.2) is 28.6 Å². The predicted octanol–water partition coefficient (Wildman–Crippen LogP) is 6.11. The summed E-state index contributed by atoms with van der Waals surface area (Å²) in [5.74, 6) is -0.418. The number of urea groups is 1. The quantitative estimate of drug-likeness (QED) is 0.506. The molecule has 2 N–H and O–H groups in total. The normalized spacial score (nSPS) is 22.0. The molecule has 0 unspecified atom stereocenters. The van der Waals surface area contributed by atoms with Crippen LogP contribution in [0.4, 0.5) is 4.79 Å². The molecule has 1 aromatic rings. The van der Waals surface area contributed by atoms with Gasteiger partial charge in [-0.25, -0.2) is 4.79 Å². The van der Waals surface area contributed by atoms with Gasteiger partial charge in [-0.1, -0.05) is 50.9 Å². The Morgan fingerprint density at radius 1 is 1.32 bits per heavy atom. The maximum Gasteiger partial charge on any atom is 0.322 e. The number of carbonyl (C=O) groups excluding carboxylic acids is 1. The average molecular weight is 447 g/mol. The van der Waals surface area contributed by atoms with E-state index in [9.17, 15) is 9.59 Å². The van der Waals surface area contributed by atoms with Crippen molar-refractivity contribution in [2.24, 2.45) is 11.3 Å². The number of hydrogen-bond acceptors (Lipinski definition) is 2. The molecular formula is C25H35ClN2O3. The van der Waals surface area contributed by atoms with Gasteiger partial charge in [0.25, 0.3) is 0 Å². The van der Waals surface area contributed by atoms with Crippen molar-refractivity contribution < 1.29 is 14.7 Å². The maximum absolute atomic E-state index is 12.9. The largest absolute Gasteiger partial charge is 0.481 e. The van der Waals surface area contributed by atoms with Crippen LogP contribution in [0, 0.1) is 11.3 Å². The Balaban J connectivity index is 1.86. The van der Waals surface area contributed by atoms with Crippen molar-refractivity contribution in [1.82, 2.24) is 10.2 Å². The van der Waals surface area contributed by atoms with E-state index in [2.05, 4.69) is 45.1 Å². The zero-order chi connectivity index (χ0) is 22.8. The van der Waals surface area contributed by atoms with Crippen molar-refractivity contribution in [1.29, 1.82) is 0 Å². The molecule has 1 fully saturated rings. The highest BCUT2D eigenvalue weighted by molar-refractivity contribution is 6.31. The molecule has 1 aliphatic carbocycles. The molecule has 170 valence electrons. The van der Waals surface area contributed by atoms with Gasteiger partial charge < -0.3 is 15.3 Å². The molecule has 0 spiro atoms. The smallest absolute Gasteiger partial charge is 0.322 e. The lowest BCUT2D eigenvalue weighted by atomic mass is 9.69. The molecule has 1 atom stereocenters. The number of carbonyl (C=O) groups is 2. The fourth-order valence-electron chi connectivity index (χ4n) is 4.32. The first-order valence-electron chi connectivity index (χ1n) is 11.3. The van der Waals surface area contributed by atoms with Crippen LogP contribution in [0.2, 0.25) is 5.02 Å². The third kappa shape index (κ3) is 5.62. The van der Waals surface area contributed by atoms with E-state index in [1.165, 1.54) is 12.0 Å². The minimum Gasteiger partial charge on any atom is -0.481 e. The summed E-state index contributed by atoms with van der Waals surface area (Å²) in [6.45, 7) is 9.14. The highest BCUT2D eigenvalue weighted by Gasteiger charge is 2.43. The topological polar surface area (TPSA) is 69.6 Å². The summed E-state index contributed by atoms with van der Waals surface area (Å²) in [4.78, 5) is 25.4. The highest BCUT2D eigenvalue weighted by Crippen LogP contribution is 2.45. The Bertz CT molecular complexity index is 870. The van der Waals surface area contributed by atoms with Gasteiger partial charge in [-0.05, 0) is 73.1 Å². The van der Waals surface area contributed by atoms with Crippen molar-refractivity contribution in [3.63, 3.8) is 0 Å². The second kappa shape index (κ2) is 9.23. The van der Waals surface area contributed by atoms with Crippen LogP contribution >= 0.6 is 11.6 Å². The Morgan fingerprint density at radius 2 is 2.03 bits per heavy atom. The Labute approximate surface area is 190 Å². The first kappa shape index (κ1) is 23.6. The Hall–Kier alpha value is -2.01. The number of carboxylic acids is 1. The van der Waals surface area contributed by atoms with Gasteiger partial charge in [0.1, 0.15) is 0 Å². The monoisotopic (exact) mass is 446 g/mol. The lowest BCUT2D eigenvalue weighted by Crippen LogP contribution is -2.55. The third-order valence-corrected chi connectivity index (χ3v) is 6.95. The second-order valence-corrected chi connectivity index (χ2v) is 10.7. The van der Waals surface area contributed by atoms with Gasteiger partial charge in [0.15, 0.2) is 0 Å². The van der Waals surface area contributed by atoms with Gasteiger partial charge in [0, 0.05) is 24.2 Å². The fraction of sp³-hybridized carbons (Fsp3) is 0.600. The summed E-state index contributed by atoms with van der Waals surface area (Å²) in [6, 6.07) is 6.01. The van der Waals surface area contributed by atoms with Crippen molar-refractivity contribution in [2.45, 2.75) is 78.2 Å². The van der Waals surface area contributed by atoms with Gasteiger partial charge >= 0.3 is 12.0 Å². The van der Waals surface area contributed by atoms with E-state index in [4.69, 9.17) is 16.7 Å². The molecule has 1 aliphatic heterocycles. The minimum absolute atomic E-state index is 0.0548. The molecule has 2 amide bonds. The number of halogens is 1. The second-order valence-electron chi connectivity index (χ2n) is 10.3. The van der Waals surface area contributed by atoms with Crippen LogP contribution < -0.4 is 5.32 Å². The molecule has 31 heavy (non-hydrogen) atoms. The van der Waals surface area contributed by atoms with Gasteiger partial charge in [-0.3, -0.25) is 4.79 Å². The van der Waals surface area contributed by atoms with E-state index >= 15 is 0 Å². The summed E-state index contributed by atoms with van der Waals surface area (Å²) < 4.78 is 0. The molecule has 0 bridgehead atoms. The van der Waals surface area contributed by atoms with Gasteiger partial charge in [-0.15, -0.1) is 0 Å². The number of carboxylic acid groups (broad SMARTS) is 1. The number of aryl methyl sites for hydroxylation is 1. The van der Waals surface area contributed by atoms with E-state index in [0.29, 0.717) is 18.9 Å². The van der Waals surface area contributed by atoms with Crippen molar-refractivity contribution in [3.05, 3.63) is 46.1 Å². The summed E-state index contributed by atoms with van der Waals surface area (Å²) in [6.07, 6.45) is 7.84. The van der Waals surface area contributed by atoms with Crippen LogP contribution in [0.25, 0.3) is 0 Å². The number of aliphatic carboxylic acids is 1. The number of rotatable bonds is 8. The van der Waals surface area contributed by atoms with Crippen LogP contribution in [-0.2, 0) is 16.8 Å². The third-order valence-electron chi connectivity index (χ3n) is 6.60. The number of hydrogen-bond donors (Lipinski definition) is 2. The van der Waals surface area contributed by atoms with Gasteiger partial charge in [-0.2, -0.15) is 0 Å². The first-order chi connectivity index (χ1) is 14.5. The molecule has 0 saturated heterocycles. The predicted molar refractivity (Wildman–Crippen MR) is 124 cm³/mol. The molecule has 0 radical (unpaired) electrons. The molecule has 2 aliphatic rings. The zero-order valence-corrected chi connectivity index (χ0v) is 19.9. The molecule has 5 nitrogen and oxygen atoms in total. The maximum atomic E-state index is 12.9. The molecular weight excluding hydrogens is 412 g/mol. The van der Waals surface area contributed by atoms with Crippen LogP contribution in [0.5, 0.6) is 0 Å². The zero-order valence-electron chi connectivity index (χ0n) is 19.1. The van der Waals surface area contributed by atoms with Crippen LogP contribution in [0.15, 0.2) is 30.0 Å². The lowest BCUT2D eigenvalue weighted by Gasteiger charge is -2.46. The molecule has 3 rings (SSSR count). The number of amides is 2. The standard InChI is InChI=1S/C25H35ClN2O3/c1-24(2,3)13-12-18-10-11-19(15-21(18)26)25(4)20(17-7-5-8-17)16-28(23(31)27-25)14-6-9-22(29)30/h10-11,15-17H,5-9,12-14H2,1-4H3,(H,27,31)(H,29,30)/t25-/m0/s1. The van der Waals surface area contributed by atoms with Crippen molar-refractivity contribution in [2.75, 3.05) is 6.54 Å². The minimum atomic E-state index is -0.841. The van der Waals surface area contributed by atoms with Crippen molar-refractivity contribution in [3.8, 4) is 0 Å². The van der Waals surface area contributed by atoms with E-state index in [-0.39, 0.29) is 17.9 Å². The summed E-state index contributed by atoms with van der Waals surface area (Å²) >= 11 is 6.68. The van der Waals surface area contributed by atoms with E-state index in [1.807, 2.05) is 12.3 Å². The lowest BCUT2D eigenvalue weighted by molar-refractivity contribution is -0.137. The first-order valence-corrected chi connectivity index (χ1v) is 11.7. The molecule has 0 aromatic heterocycles. The SMILES string of the molecule is CC(C)(C)CCc1ccc([C@]2(C)NC(=O)N(CCCC(=O)O)C=C2C2CCC2)cc1Cl. The van der Waals surface area contributed by atoms with E-state index in [0.717, 1.165) is 41.8 Å². The van der Waals surface area contributed by atoms with E-state index < -0.39 is 11.5 Å². The van der Waals surface area contributed by atoms with Crippen LogP contribution in [0.1, 0.15) is 77.3 Å². The molecule has 1 aromatic carbocycles. The summed E-state index contributed by atoms with van der Waals surface area (Å²) in [5, 5.41) is 12.9. The summed E-state index contributed by atoms with van der Waals surface area (Å²) in [7, 11) is 0. The Kier molecular flexibility index (Phi) is 7.04. The molecule has 6 heteroatoms. The number of benzene rings is 1. The molecule has 1 saturated carbocycles. The number of nitrogens with zero attached hydrogens (tertiary/aromatic N) is 1. The average Bonchev–Trinajstić information content (AvgIpc) is 2.61.